The number of ether oxygens (including phenoxy) is 3. The van der Waals surface area contributed by atoms with E-state index in [1.807, 2.05) is 0 Å². The Bertz CT molecular complexity index is 564. The van der Waals surface area contributed by atoms with Crippen molar-refractivity contribution in [2.75, 3.05) is 13.2 Å². The molecular weight excluding hydrogens is 324 g/mol. The summed E-state index contributed by atoms with van der Waals surface area (Å²) >= 11 is 0. The van der Waals surface area contributed by atoms with Crippen LogP contribution < -0.4 is 0 Å². The molecule has 0 radical (unpaired) electrons. The first-order chi connectivity index (χ1) is 12.3. The summed E-state index contributed by atoms with van der Waals surface area (Å²) < 4.78 is 18.8. The molecule has 0 N–H and O–H groups in total. The predicted octanol–water partition coefficient (Wildman–Crippen LogP) is 4.83. The maximum absolute atomic E-state index is 6.37. The van der Waals surface area contributed by atoms with Crippen LogP contribution >= 0.6 is 0 Å². The third-order valence-electron chi connectivity index (χ3n) is 7.96. The Balaban J connectivity index is 1.72. The highest BCUT2D eigenvalue weighted by atomic mass is 16.7. The SMILES string of the molecule is C=C[C@@H](C)[C@@H]1CC2(C[C@@H]3[C@H]([C@H](C=C)C(C)C)C[C@@]4(C)O[C@H]4[C@@H]31)OCCO2. The van der Waals surface area contributed by atoms with Gasteiger partial charge in [0.25, 0.3) is 0 Å². The normalized spacial score (nSPS) is 45.7. The molecule has 0 aromatic heterocycles. The second-order valence-corrected chi connectivity index (χ2v) is 9.79. The second kappa shape index (κ2) is 6.46. The highest BCUT2D eigenvalue weighted by Gasteiger charge is 2.68. The van der Waals surface area contributed by atoms with E-state index in [1.165, 1.54) is 0 Å². The van der Waals surface area contributed by atoms with E-state index in [0.29, 0.717) is 47.5 Å². The van der Waals surface area contributed by atoms with Gasteiger partial charge in [-0.1, -0.05) is 32.9 Å². The Morgan fingerprint density at radius 3 is 2.23 bits per heavy atom. The number of fused-ring (bicyclic) bond motifs is 3. The van der Waals surface area contributed by atoms with E-state index in [-0.39, 0.29) is 11.4 Å². The maximum atomic E-state index is 6.37. The average molecular weight is 361 g/mol. The van der Waals surface area contributed by atoms with Gasteiger partial charge in [0.05, 0.1) is 24.9 Å². The van der Waals surface area contributed by atoms with Crippen molar-refractivity contribution in [1.29, 1.82) is 0 Å². The Morgan fingerprint density at radius 1 is 0.962 bits per heavy atom. The number of epoxide rings is 1. The summed E-state index contributed by atoms with van der Waals surface area (Å²) in [6.45, 7) is 19.0. The van der Waals surface area contributed by atoms with Gasteiger partial charge in [-0.3, -0.25) is 0 Å². The van der Waals surface area contributed by atoms with Crippen molar-refractivity contribution in [3.05, 3.63) is 25.3 Å². The monoisotopic (exact) mass is 360 g/mol. The standard InChI is InChI=1S/C23H36O3/c1-7-15(5)17-12-23(24-9-10-25-23)13-19-18(16(8-2)14(3)4)11-22(6)21(26-22)20(17)19/h7-8,14-21H,1-2,9-13H2,3-6H3/t15-,16-,17+,18+,19-,20-,21+,22-/m1/s1. The first-order valence-corrected chi connectivity index (χ1v) is 10.5. The predicted molar refractivity (Wildman–Crippen MR) is 104 cm³/mol. The fourth-order valence-electron chi connectivity index (χ4n) is 6.61. The molecule has 0 aromatic rings. The molecule has 0 bridgehead atoms. The highest BCUT2D eigenvalue weighted by molar-refractivity contribution is 5.17. The summed E-state index contributed by atoms with van der Waals surface area (Å²) in [5, 5.41) is 0. The lowest BCUT2D eigenvalue weighted by molar-refractivity contribution is -0.223. The van der Waals surface area contributed by atoms with Crippen LogP contribution in [0.15, 0.2) is 25.3 Å². The van der Waals surface area contributed by atoms with Gasteiger partial charge in [0.1, 0.15) is 0 Å². The zero-order valence-electron chi connectivity index (χ0n) is 16.9. The molecule has 4 rings (SSSR count). The van der Waals surface area contributed by atoms with Gasteiger partial charge in [0.2, 0.25) is 0 Å². The van der Waals surface area contributed by atoms with E-state index >= 15 is 0 Å². The lowest BCUT2D eigenvalue weighted by atomic mass is 9.53. The van der Waals surface area contributed by atoms with Crippen molar-refractivity contribution in [3.8, 4) is 0 Å². The summed E-state index contributed by atoms with van der Waals surface area (Å²) in [5.74, 6) is 3.42. The van der Waals surface area contributed by atoms with E-state index in [2.05, 4.69) is 53.0 Å². The van der Waals surface area contributed by atoms with Gasteiger partial charge in [0, 0.05) is 12.8 Å². The van der Waals surface area contributed by atoms with Crippen LogP contribution in [0, 0.1) is 41.4 Å². The van der Waals surface area contributed by atoms with Crippen LogP contribution in [0.1, 0.15) is 47.0 Å². The van der Waals surface area contributed by atoms with Crippen LogP contribution in [0.25, 0.3) is 0 Å². The van der Waals surface area contributed by atoms with Crippen molar-refractivity contribution >= 4 is 0 Å². The van der Waals surface area contributed by atoms with E-state index in [0.717, 1.165) is 32.5 Å². The molecule has 0 unspecified atom stereocenters. The van der Waals surface area contributed by atoms with E-state index in [1.54, 1.807) is 0 Å². The molecule has 26 heavy (non-hydrogen) atoms. The highest BCUT2D eigenvalue weighted by Crippen LogP contribution is 2.64. The van der Waals surface area contributed by atoms with Crippen molar-refractivity contribution < 1.29 is 14.2 Å². The van der Waals surface area contributed by atoms with Gasteiger partial charge in [-0.2, -0.15) is 0 Å². The van der Waals surface area contributed by atoms with Crippen LogP contribution in [0.3, 0.4) is 0 Å². The molecule has 4 fully saturated rings. The average Bonchev–Trinajstić information content (AvgIpc) is 3.08. The van der Waals surface area contributed by atoms with Gasteiger partial charge >= 0.3 is 0 Å². The molecule has 3 nitrogen and oxygen atoms in total. The summed E-state index contributed by atoms with van der Waals surface area (Å²) in [4.78, 5) is 0. The molecule has 4 aliphatic rings. The minimum absolute atomic E-state index is 0.0585. The zero-order chi connectivity index (χ0) is 18.7. The van der Waals surface area contributed by atoms with Crippen LogP contribution in [0.4, 0.5) is 0 Å². The molecule has 2 saturated carbocycles. The molecule has 1 spiro atoms. The third-order valence-corrected chi connectivity index (χ3v) is 7.96. The molecule has 146 valence electrons. The molecule has 0 aromatic carbocycles. The number of rotatable bonds is 5. The molecule has 2 aliphatic carbocycles. The van der Waals surface area contributed by atoms with Crippen LogP contribution in [0.5, 0.6) is 0 Å². The lowest BCUT2D eigenvalue weighted by Crippen LogP contribution is -2.54. The van der Waals surface area contributed by atoms with E-state index < -0.39 is 0 Å². The van der Waals surface area contributed by atoms with Gasteiger partial charge in [-0.05, 0) is 54.8 Å². The number of hydrogen-bond acceptors (Lipinski definition) is 3. The second-order valence-electron chi connectivity index (χ2n) is 9.79. The van der Waals surface area contributed by atoms with Crippen LogP contribution in [0.2, 0.25) is 0 Å². The Labute approximate surface area is 159 Å². The zero-order valence-corrected chi connectivity index (χ0v) is 16.9. The number of hydrogen-bond donors (Lipinski definition) is 0. The van der Waals surface area contributed by atoms with E-state index in [9.17, 15) is 0 Å². The minimum Gasteiger partial charge on any atom is -0.366 e. The molecule has 3 heteroatoms. The smallest absolute Gasteiger partial charge is 0.169 e. The van der Waals surface area contributed by atoms with Gasteiger partial charge in [0.15, 0.2) is 5.79 Å². The fraction of sp³-hybridized carbons (Fsp3) is 0.826. The van der Waals surface area contributed by atoms with Crippen molar-refractivity contribution in [3.63, 3.8) is 0 Å². The molecule has 2 aliphatic heterocycles. The largest absolute Gasteiger partial charge is 0.366 e. The molecule has 2 saturated heterocycles. The Kier molecular flexibility index (Phi) is 4.65. The van der Waals surface area contributed by atoms with Crippen LogP contribution in [-0.4, -0.2) is 30.7 Å². The fourth-order valence-corrected chi connectivity index (χ4v) is 6.61. The Hall–Kier alpha value is -0.640. The molecule has 0 amide bonds. The minimum atomic E-state index is -0.382. The van der Waals surface area contributed by atoms with Gasteiger partial charge in [-0.15, -0.1) is 13.2 Å². The van der Waals surface area contributed by atoms with Crippen molar-refractivity contribution in [2.45, 2.75) is 64.4 Å². The third kappa shape index (κ3) is 2.82. The van der Waals surface area contributed by atoms with Gasteiger partial charge < -0.3 is 14.2 Å². The number of allylic oxidation sites excluding steroid dienone is 2. The first-order valence-electron chi connectivity index (χ1n) is 10.5. The molecule has 8 atom stereocenters. The first kappa shape index (κ1) is 18.7. The van der Waals surface area contributed by atoms with Gasteiger partial charge in [-0.25, -0.2) is 0 Å². The summed E-state index contributed by atoms with van der Waals surface area (Å²) in [5.41, 5.74) is 0.0585. The summed E-state index contributed by atoms with van der Waals surface area (Å²) in [7, 11) is 0. The topological polar surface area (TPSA) is 31.0 Å². The lowest BCUT2D eigenvalue weighted by Gasteiger charge is -2.53. The van der Waals surface area contributed by atoms with E-state index in [4.69, 9.17) is 14.2 Å². The summed E-state index contributed by atoms with van der Waals surface area (Å²) in [6, 6.07) is 0. The summed E-state index contributed by atoms with van der Waals surface area (Å²) in [6.07, 6.45) is 7.83. The quantitative estimate of drug-likeness (QED) is 0.520. The van der Waals surface area contributed by atoms with Crippen molar-refractivity contribution in [1.82, 2.24) is 0 Å². The molecule has 2 heterocycles. The maximum Gasteiger partial charge on any atom is 0.169 e. The molecular formula is C23H36O3. The van der Waals surface area contributed by atoms with Crippen LogP contribution in [-0.2, 0) is 14.2 Å². The van der Waals surface area contributed by atoms with Crippen molar-refractivity contribution in [2.24, 2.45) is 41.4 Å². The Morgan fingerprint density at radius 2 is 1.65 bits per heavy atom.